The van der Waals surface area contributed by atoms with Crippen molar-refractivity contribution in [2.45, 2.75) is 68.8 Å². The van der Waals surface area contributed by atoms with Crippen LogP contribution < -0.4 is 5.32 Å². The molecule has 2 amide bonds. The van der Waals surface area contributed by atoms with Crippen molar-refractivity contribution < 1.29 is 22.4 Å². The third kappa shape index (κ3) is 6.63. The summed E-state index contributed by atoms with van der Waals surface area (Å²) in [5, 5.41) is 3.35. The number of piperidine rings is 1. The van der Waals surface area contributed by atoms with Crippen LogP contribution in [0, 0.1) is 13.8 Å². The number of hydrogen-bond donors (Lipinski definition) is 2. The average Bonchev–Trinajstić information content (AvgIpc) is 3.68. The van der Waals surface area contributed by atoms with Gasteiger partial charge in [-0.3, -0.25) is 9.59 Å². The number of hydrogen-bond acceptors (Lipinski definition) is 5. The van der Waals surface area contributed by atoms with E-state index in [1.807, 2.05) is 18.7 Å². The summed E-state index contributed by atoms with van der Waals surface area (Å²) in [6.07, 6.45) is 4.23. The fourth-order valence-electron chi connectivity index (χ4n) is 6.81. The highest BCUT2D eigenvalue weighted by molar-refractivity contribution is 7.90. The number of fused-ring (bicyclic) bond motifs is 1. The number of alkyl halides is 1. The van der Waals surface area contributed by atoms with E-state index in [4.69, 9.17) is 23.2 Å². The lowest BCUT2D eigenvalue weighted by Gasteiger charge is -2.34. The van der Waals surface area contributed by atoms with Gasteiger partial charge in [0.2, 0.25) is 5.91 Å². The van der Waals surface area contributed by atoms with Gasteiger partial charge in [0.25, 0.3) is 5.91 Å². The Bertz CT molecular complexity index is 1810. The van der Waals surface area contributed by atoms with Crippen LogP contribution in [0.1, 0.15) is 59.3 Å². The van der Waals surface area contributed by atoms with Crippen molar-refractivity contribution in [3.05, 3.63) is 80.1 Å². The molecule has 0 unspecified atom stereocenters. The summed E-state index contributed by atoms with van der Waals surface area (Å²) >= 11 is 12.5. The lowest BCUT2D eigenvalue weighted by molar-refractivity contribution is -0.131. The number of halogens is 3. The van der Waals surface area contributed by atoms with Crippen LogP contribution in [-0.2, 0) is 31.6 Å². The predicted octanol–water partition coefficient (Wildman–Crippen LogP) is 6.37. The molecule has 0 spiro atoms. The summed E-state index contributed by atoms with van der Waals surface area (Å²) in [5.41, 5.74) is 4.88. The SMILES string of the molecule is Cc1[nH]c(C=C2C(=O)Nc3ccc(S(=O)(=O)Cc4c(Cl)cccc4Cl)cc32)c(C)c1CC(=O)N1CCC[C@H]1CN1CCC(F)CC1. The molecule has 0 aliphatic carbocycles. The minimum Gasteiger partial charge on any atom is -0.359 e. The maximum Gasteiger partial charge on any atom is 0.256 e. The summed E-state index contributed by atoms with van der Waals surface area (Å²) in [7, 11) is -3.85. The van der Waals surface area contributed by atoms with Crippen molar-refractivity contribution in [3.8, 4) is 0 Å². The Morgan fingerprint density at radius 2 is 1.76 bits per heavy atom. The molecule has 12 heteroatoms. The standard InChI is InChI=1S/C34H37Cl2FN4O4S/c1-20-25(17-33(42)41-12-4-5-23(41)18-40-13-10-22(37)11-14-40)21(2)38-32(20)16-27-26-15-24(8-9-31(26)39-34(27)43)46(44,45)19-28-29(35)6-3-7-30(28)36/h3,6-9,15-16,22-23,38H,4-5,10-14,17-19H2,1-2H3,(H,39,43)/t23-/m0/s1. The van der Waals surface area contributed by atoms with Gasteiger partial charge in [-0.05, 0) is 87.1 Å². The van der Waals surface area contributed by atoms with Gasteiger partial charge >= 0.3 is 0 Å². The Hall–Kier alpha value is -3.18. The highest BCUT2D eigenvalue weighted by atomic mass is 35.5. The fourth-order valence-corrected chi connectivity index (χ4v) is 8.93. The van der Waals surface area contributed by atoms with E-state index in [1.165, 1.54) is 12.1 Å². The zero-order valence-electron chi connectivity index (χ0n) is 25.8. The number of H-pyrrole nitrogens is 1. The van der Waals surface area contributed by atoms with Crippen LogP contribution >= 0.6 is 23.2 Å². The molecule has 3 aliphatic heterocycles. The number of aromatic nitrogens is 1. The van der Waals surface area contributed by atoms with Crippen LogP contribution in [0.25, 0.3) is 11.6 Å². The second-order valence-electron chi connectivity index (χ2n) is 12.5. The molecule has 2 fully saturated rings. The molecule has 0 saturated carbocycles. The van der Waals surface area contributed by atoms with Crippen molar-refractivity contribution in [1.82, 2.24) is 14.8 Å². The van der Waals surface area contributed by atoms with Gasteiger partial charge in [-0.15, -0.1) is 0 Å². The molecular weight excluding hydrogens is 650 g/mol. The van der Waals surface area contributed by atoms with Crippen molar-refractivity contribution in [2.24, 2.45) is 0 Å². The van der Waals surface area contributed by atoms with E-state index in [1.54, 1.807) is 30.3 Å². The van der Waals surface area contributed by atoms with E-state index in [0.717, 1.165) is 49.3 Å². The number of carbonyl (C=O) groups excluding carboxylic acids is 2. The number of aryl methyl sites for hydroxylation is 1. The van der Waals surface area contributed by atoms with Crippen molar-refractivity contribution in [1.29, 1.82) is 0 Å². The number of aromatic amines is 1. The van der Waals surface area contributed by atoms with Gasteiger partial charge in [-0.25, -0.2) is 12.8 Å². The Kier molecular flexibility index (Phi) is 9.36. The zero-order valence-corrected chi connectivity index (χ0v) is 28.2. The number of nitrogens with zero attached hydrogens (tertiary/aromatic N) is 2. The first-order valence-electron chi connectivity index (χ1n) is 15.6. The Labute approximate surface area is 278 Å². The number of sulfone groups is 1. The highest BCUT2D eigenvalue weighted by Gasteiger charge is 2.33. The van der Waals surface area contributed by atoms with E-state index < -0.39 is 16.0 Å². The van der Waals surface area contributed by atoms with Gasteiger partial charge in [-0.1, -0.05) is 29.3 Å². The van der Waals surface area contributed by atoms with Gasteiger partial charge in [0.05, 0.1) is 22.6 Å². The molecule has 2 aromatic carbocycles. The molecule has 1 atom stereocenters. The molecule has 8 nitrogen and oxygen atoms in total. The topological polar surface area (TPSA) is 103 Å². The van der Waals surface area contributed by atoms with Crippen molar-refractivity contribution >= 4 is 62.2 Å². The second kappa shape index (κ2) is 13.1. The third-order valence-electron chi connectivity index (χ3n) is 9.46. The highest BCUT2D eigenvalue weighted by Crippen LogP contribution is 2.37. The molecule has 3 aliphatic rings. The second-order valence-corrected chi connectivity index (χ2v) is 15.3. The fraction of sp³-hybridized carbons (Fsp3) is 0.412. The molecule has 6 rings (SSSR count). The average molecular weight is 688 g/mol. The summed E-state index contributed by atoms with van der Waals surface area (Å²) in [6, 6.07) is 9.51. The Morgan fingerprint density at radius 1 is 1.04 bits per heavy atom. The van der Waals surface area contributed by atoms with E-state index in [2.05, 4.69) is 15.2 Å². The molecule has 0 radical (unpaired) electrons. The molecule has 244 valence electrons. The van der Waals surface area contributed by atoms with E-state index in [-0.39, 0.29) is 45.0 Å². The number of rotatable bonds is 8. The molecule has 4 heterocycles. The zero-order chi connectivity index (χ0) is 32.7. The number of anilines is 1. The molecular formula is C34H37Cl2FN4O4S. The van der Waals surface area contributed by atoms with Crippen LogP contribution in [0.2, 0.25) is 10.0 Å². The van der Waals surface area contributed by atoms with Crippen LogP contribution in [0.15, 0.2) is 41.3 Å². The summed E-state index contributed by atoms with van der Waals surface area (Å²) in [5.74, 6) is -0.672. The minimum atomic E-state index is -3.85. The predicted molar refractivity (Wildman–Crippen MR) is 180 cm³/mol. The number of nitrogens with one attached hydrogen (secondary N) is 2. The van der Waals surface area contributed by atoms with Crippen LogP contribution in [0.4, 0.5) is 10.1 Å². The number of benzene rings is 2. The van der Waals surface area contributed by atoms with Crippen LogP contribution in [-0.4, -0.2) is 73.4 Å². The van der Waals surface area contributed by atoms with Gasteiger partial charge in [0, 0.05) is 70.5 Å². The molecule has 2 saturated heterocycles. The molecule has 3 aromatic rings. The normalized spacial score (nSPS) is 20.0. The maximum atomic E-state index is 13.6. The van der Waals surface area contributed by atoms with E-state index in [0.29, 0.717) is 47.5 Å². The smallest absolute Gasteiger partial charge is 0.256 e. The lowest BCUT2D eigenvalue weighted by Crippen LogP contribution is -2.46. The number of amides is 2. The van der Waals surface area contributed by atoms with Gasteiger partial charge < -0.3 is 20.1 Å². The largest absolute Gasteiger partial charge is 0.359 e. The van der Waals surface area contributed by atoms with E-state index >= 15 is 0 Å². The Balaban J connectivity index is 1.22. The molecule has 0 bridgehead atoms. The minimum absolute atomic E-state index is 0.0459. The van der Waals surface area contributed by atoms with Crippen molar-refractivity contribution in [3.63, 3.8) is 0 Å². The molecule has 1 aromatic heterocycles. The summed E-state index contributed by atoms with van der Waals surface area (Å²) in [6.45, 7) is 6.78. The lowest BCUT2D eigenvalue weighted by atomic mass is 10.0. The summed E-state index contributed by atoms with van der Waals surface area (Å²) < 4.78 is 40.5. The van der Waals surface area contributed by atoms with Gasteiger partial charge in [0.15, 0.2) is 9.84 Å². The van der Waals surface area contributed by atoms with Gasteiger partial charge in [-0.2, -0.15) is 0 Å². The Morgan fingerprint density at radius 3 is 2.48 bits per heavy atom. The molecule has 46 heavy (non-hydrogen) atoms. The van der Waals surface area contributed by atoms with Crippen LogP contribution in [0.3, 0.4) is 0 Å². The van der Waals surface area contributed by atoms with Gasteiger partial charge in [0.1, 0.15) is 6.17 Å². The quantitative estimate of drug-likeness (QED) is 0.268. The van der Waals surface area contributed by atoms with Crippen LogP contribution in [0.5, 0.6) is 0 Å². The first-order chi connectivity index (χ1) is 21.9. The molecule has 2 N–H and O–H groups in total. The number of carbonyl (C=O) groups is 2. The third-order valence-corrected chi connectivity index (χ3v) is 11.8. The van der Waals surface area contributed by atoms with E-state index in [9.17, 15) is 22.4 Å². The first kappa shape index (κ1) is 32.7. The monoisotopic (exact) mass is 686 g/mol. The maximum absolute atomic E-state index is 13.6. The first-order valence-corrected chi connectivity index (χ1v) is 18.0. The van der Waals surface area contributed by atoms with Crippen molar-refractivity contribution in [2.75, 3.05) is 31.5 Å². The summed E-state index contributed by atoms with van der Waals surface area (Å²) in [4.78, 5) is 34.3. The number of likely N-dealkylation sites (tertiary alicyclic amines) is 2.